The summed E-state index contributed by atoms with van der Waals surface area (Å²) in [4.78, 5) is 23.6. The largest absolute Gasteiger partial charge is 0.452 e. The van der Waals surface area contributed by atoms with Crippen LogP contribution in [0.3, 0.4) is 0 Å². The Hall–Kier alpha value is -1.50. The topological polar surface area (TPSA) is 52.6 Å². The first-order valence-corrected chi connectivity index (χ1v) is 17.0. The third kappa shape index (κ3) is 32.6. The van der Waals surface area contributed by atoms with Gasteiger partial charge in [-0.25, -0.2) is 0 Å². The van der Waals surface area contributed by atoms with Crippen molar-refractivity contribution < 1.29 is 19.1 Å². The van der Waals surface area contributed by atoms with E-state index in [1.54, 1.807) is 0 Å². The number of esters is 2. The SMILES string of the molecule is CCCCCCCCCCCCCCCC(=O)OC#CCOC(=O)CCCCCCCCCCCCCCC. The summed E-state index contributed by atoms with van der Waals surface area (Å²) in [7, 11) is 0. The maximum absolute atomic E-state index is 11.8. The van der Waals surface area contributed by atoms with E-state index in [1.807, 2.05) is 0 Å². The van der Waals surface area contributed by atoms with Crippen molar-refractivity contribution in [2.75, 3.05) is 6.61 Å². The number of hydrogen-bond donors (Lipinski definition) is 0. The summed E-state index contributed by atoms with van der Waals surface area (Å²) in [6.07, 6.45) is 36.6. The summed E-state index contributed by atoms with van der Waals surface area (Å²) in [5.41, 5.74) is 0. The number of hydrogen-bond acceptors (Lipinski definition) is 4. The number of carbonyl (C=O) groups is 2. The van der Waals surface area contributed by atoms with E-state index in [2.05, 4.69) is 25.9 Å². The highest BCUT2D eigenvalue weighted by Gasteiger charge is 2.03. The molecule has 0 aromatic rings. The molecule has 0 aromatic carbocycles. The molecule has 0 fully saturated rings. The van der Waals surface area contributed by atoms with Gasteiger partial charge in [0.2, 0.25) is 0 Å². The molecule has 0 spiro atoms. The predicted octanol–water partition coefficient (Wildman–Crippen LogP) is 11.0. The van der Waals surface area contributed by atoms with Crippen molar-refractivity contribution in [3.8, 4) is 12.0 Å². The first kappa shape index (κ1) is 37.5. The fraction of sp³-hybridized carbons (Fsp3) is 0.886. The molecule has 0 N–H and O–H groups in total. The highest BCUT2D eigenvalue weighted by atomic mass is 16.5. The van der Waals surface area contributed by atoms with Crippen LogP contribution in [0.25, 0.3) is 0 Å². The molecule has 0 bridgehead atoms. The van der Waals surface area contributed by atoms with Gasteiger partial charge in [-0.15, -0.1) is 0 Å². The van der Waals surface area contributed by atoms with E-state index in [0.717, 1.165) is 25.7 Å². The molecule has 0 atom stereocenters. The minimum absolute atomic E-state index is 0.0106. The third-order valence-electron chi connectivity index (χ3n) is 7.51. The van der Waals surface area contributed by atoms with Gasteiger partial charge in [0.25, 0.3) is 0 Å². The molecule has 0 aliphatic carbocycles. The van der Waals surface area contributed by atoms with Crippen molar-refractivity contribution in [1.29, 1.82) is 0 Å². The number of carbonyl (C=O) groups excluding carboxylic acids is 2. The Labute approximate surface area is 243 Å². The van der Waals surface area contributed by atoms with Crippen LogP contribution in [0.4, 0.5) is 0 Å². The molecule has 4 nitrogen and oxygen atoms in total. The second-order valence-corrected chi connectivity index (χ2v) is 11.4. The number of unbranched alkanes of at least 4 members (excludes halogenated alkanes) is 24. The van der Waals surface area contributed by atoms with Crippen molar-refractivity contribution >= 4 is 11.9 Å². The van der Waals surface area contributed by atoms with Crippen LogP contribution >= 0.6 is 0 Å². The van der Waals surface area contributed by atoms with Gasteiger partial charge in [0, 0.05) is 12.8 Å². The lowest BCUT2D eigenvalue weighted by atomic mass is 10.0. The van der Waals surface area contributed by atoms with Gasteiger partial charge in [-0.3, -0.25) is 9.59 Å². The van der Waals surface area contributed by atoms with Crippen molar-refractivity contribution in [3.05, 3.63) is 0 Å². The van der Waals surface area contributed by atoms with Gasteiger partial charge in [-0.05, 0) is 18.8 Å². The summed E-state index contributed by atoms with van der Waals surface area (Å²) in [5, 5.41) is 0. The number of ether oxygens (including phenoxy) is 2. The molecular weight excluding hydrogens is 484 g/mol. The van der Waals surface area contributed by atoms with Crippen LogP contribution in [-0.2, 0) is 19.1 Å². The van der Waals surface area contributed by atoms with Gasteiger partial charge in [-0.1, -0.05) is 168 Å². The Morgan fingerprint density at radius 1 is 0.436 bits per heavy atom. The Morgan fingerprint density at radius 2 is 0.744 bits per heavy atom. The summed E-state index contributed by atoms with van der Waals surface area (Å²) >= 11 is 0. The van der Waals surface area contributed by atoms with E-state index >= 15 is 0 Å². The zero-order valence-electron chi connectivity index (χ0n) is 26.1. The summed E-state index contributed by atoms with van der Waals surface area (Å²) in [6.45, 7) is 4.52. The quantitative estimate of drug-likeness (QED) is 0.0530. The van der Waals surface area contributed by atoms with Crippen molar-refractivity contribution in [2.24, 2.45) is 0 Å². The summed E-state index contributed by atoms with van der Waals surface area (Å²) in [5.74, 6) is 2.10. The predicted molar refractivity (Wildman–Crippen MR) is 165 cm³/mol. The van der Waals surface area contributed by atoms with Gasteiger partial charge in [0.05, 0.1) is 0 Å². The lowest BCUT2D eigenvalue weighted by Gasteiger charge is -2.03. The molecule has 0 heterocycles. The first-order valence-electron chi connectivity index (χ1n) is 17.0. The molecular formula is C35H64O4. The highest BCUT2D eigenvalue weighted by molar-refractivity contribution is 5.70. The fourth-order valence-corrected chi connectivity index (χ4v) is 4.94. The molecule has 0 aromatic heterocycles. The van der Waals surface area contributed by atoms with E-state index in [9.17, 15) is 9.59 Å². The van der Waals surface area contributed by atoms with Crippen LogP contribution in [0.2, 0.25) is 0 Å². The standard InChI is InChI=1S/C35H64O4/c1-3-5-7-9-11-13-15-17-19-21-23-25-27-30-34(36)38-32-29-33-39-35(37)31-28-26-24-22-20-18-16-14-12-10-8-6-4-2/h3-28,30-32H2,1-2H3. The van der Waals surface area contributed by atoms with Gasteiger partial charge >= 0.3 is 11.9 Å². The van der Waals surface area contributed by atoms with Crippen molar-refractivity contribution in [1.82, 2.24) is 0 Å². The van der Waals surface area contributed by atoms with E-state index in [0.29, 0.717) is 12.8 Å². The first-order chi connectivity index (χ1) is 19.2. The van der Waals surface area contributed by atoms with Gasteiger partial charge in [0.1, 0.15) is 6.11 Å². The Morgan fingerprint density at radius 3 is 1.10 bits per heavy atom. The van der Waals surface area contributed by atoms with Gasteiger partial charge in [-0.2, -0.15) is 0 Å². The number of rotatable bonds is 29. The van der Waals surface area contributed by atoms with Crippen LogP contribution in [0.1, 0.15) is 194 Å². The lowest BCUT2D eigenvalue weighted by Crippen LogP contribution is -2.05. The van der Waals surface area contributed by atoms with E-state index in [4.69, 9.17) is 9.47 Å². The molecule has 0 rings (SSSR count). The molecule has 0 saturated carbocycles. The van der Waals surface area contributed by atoms with Crippen molar-refractivity contribution in [3.63, 3.8) is 0 Å². The Bertz CT molecular complexity index is 589. The monoisotopic (exact) mass is 548 g/mol. The zero-order chi connectivity index (χ0) is 28.5. The molecule has 39 heavy (non-hydrogen) atoms. The molecule has 228 valence electrons. The minimum atomic E-state index is -0.288. The van der Waals surface area contributed by atoms with Crippen LogP contribution in [0.15, 0.2) is 0 Å². The summed E-state index contributed by atoms with van der Waals surface area (Å²) in [6, 6.07) is 0. The summed E-state index contributed by atoms with van der Waals surface area (Å²) < 4.78 is 10.0. The maximum Gasteiger partial charge on any atom is 0.319 e. The Balaban J connectivity index is 3.36. The highest BCUT2D eigenvalue weighted by Crippen LogP contribution is 2.14. The van der Waals surface area contributed by atoms with Crippen LogP contribution in [0.5, 0.6) is 0 Å². The smallest absolute Gasteiger partial charge is 0.319 e. The third-order valence-corrected chi connectivity index (χ3v) is 7.51. The normalized spacial score (nSPS) is 10.7. The lowest BCUT2D eigenvalue weighted by molar-refractivity contribution is -0.142. The molecule has 4 heteroatoms. The maximum atomic E-state index is 11.8. The molecule has 0 aliphatic heterocycles. The second kappa shape index (κ2) is 32.7. The Kier molecular flexibility index (Phi) is 31.5. The second-order valence-electron chi connectivity index (χ2n) is 11.4. The van der Waals surface area contributed by atoms with E-state index < -0.39 is 0 Å². The van der Waals surface area contributed by atoms with Gasteiger partial charge in [0.15, 0.2) is 6.61 Å². The molecule has 0 radical (unpaired) electrons. The fourth-order valence-electron chi connectivity index (χ4n) is 4.94. The molecule has 0 amide bonds. The van der Waals surface area contributed by atoms with Crippen molar-refractivity contribution in [2.45, 2.75) is 194 Å². The van der Waals surface area contributed by atoms with E-state index in [-0.39, 0.29) is 18.5 Å². The van der Waals surface area contributed by atoms with Gasteiger partial charge < -0.3 is 9.47 Å². The van der Waals surface area contributed by atoms with Crippen LogP contribution < -0.4 is 0 Å². The molecule has 0 aliphatic rings. The zero-order valence-corrected chi connectivity index (χ0v) is 26.1. The molecule has 0 saturated heterocycles. The minimum Gasteiger partial charge on any atom is -0.452 e. The van der Waals surface area contributed by atoms with Crippen LogP contribution in [-0.4, -0.2) is 18.5 Å². The molecule has 0 unspecified atom stereocenters. The average Bonchev–Trinajstić information content (AvgIpc) is 2.93. The van der Waals surface area contributed by atoms with E-state index in [1.165, 1.54) is 141 Å². The average molecular weight is 549 g/mol. The van der Waals surface area contributed by atoms with Crippen LogP contribution in [0, 0.1) is 12.0 Å².